The van der Waals surface area contributed by atoms with Gasteiger partial charge in [0.2, 0.25) is 23.7 Å². The average molecular weight is 1200 g/mol. The van der Waals surface area contributed by atoms with Gasteiger partial charge in [-0.2, -0.15) is 46.5 Å². The number of alkyl halides is 3. The number of amides is 6. The first-order valence-corrected chi connectivity index (χ1v) is 28.0. The van der Waals surface area contributed by atoms with Gasteiger partial charge < -0.3 is 18.9 Å². The number of pyridine rings is 1. The Morgan fingerprint density at radius 1 is 0.800 bits per heavy atom. The number of hydrogen-bond donors (Lipinski definition) is 4. The summed E-state index contributed by atoms with van der Waals surface area (Å²) in [6.07, 6.45) is 2.37. The van der Waals surface area contributed by atoms with Gasteiger partial charge in [-0.25, -0.2) is 50.1 Å². The highest BCUT2D eigenvalue weighted by Crippen LogP contribution is 2.40. The Hall–Kier alpha value is -8.28. The summed E-state index contributed by atoms with van der Waals surface area (Å²) in [6, 6.07) is 8.56. The fourth-order valence-corrected chi connectivity index (χ4v) is 11.0. The molecule has 4 N–H and O–H groups in total. The number of sulfonamides is 2. The van der Waals surface area contributed by atoms with E-state index >= 15 is 0 Å². The Bertz CT molecular complexity index is 3560. The highest BCUT2D eigenvalue weighted by atomic mass is 35.5. The van der Waals surface area contributed by atoms with Crippen LogP contribution in [0.1, 0.15) is 57.3 Å². The fourth-order valence-electron chi connectivity index (χ4n) is 7.06. The zero-order valence-corrected chi connectivity index (χ0v) is 46.0. The number of aromatic nitrogens is 6. The van der Waals surface area contributed by atoms with E-state index in [1.807, 2.05) is 0 Å². The van der Waals surface area contributed by atoms with Crippen molar-refractivity contribution in [1.29, 1.82) is 0 Å². The van der Waals surface area contributed by atoms with E-state index in [2.05, 4.69) is 46.5 Å². The molecule has 80 heavy (non-hydrogen) atoms. The van der Waals surface area contributed by atoms with Gasteiger partial charge in [-0.15, -0.1) is 6.42 Å². The molecular formula is C47H48ClF4N11O14S3. The van der Waals surface area contributed by atoms with Crippen LogP contribution in [0, 0.1) is 25.1 Å². The summed E-state index contributed by atoms with van der Waals surface area (Å²) in [7, 11) is -8.99. The smallest absolute Gasteiger partial charge is 0.389 e. The lowest BCUT2D eigenvalue weighted by Crippen LogP contribution is -2.36. The molecule has 6 amide bonds. The van der Waals surface area contributed by atoms with Gasteiger partial charge in [0.05, 0.1) is 48.8 Å². The van der Waals surface area contributed by atoms with E-state index in [1.165, 1.54) is 71.6 Å². The number of urea groups is 2. The number of carbonyl (C=O) groups is 4. The van der Waals surface area contributed by atoms with Crippen molar-refractivity contribution in [2.24, 2.45) is 0 Å². The third kappa shape index (κ3) is 16.4. The number of hydrogen-bond acceptors (Lipinski definition) is 20. The number of sulfone groups is 1. The zero-order valence-electron chi connectivity index (χ0n) is 42.8. The fraction of sp³-hybridized carbons (Fsp3) is 0.319. The number of imide groups is 1. The van der Waals surface area contributed by atoms with Gasteiger partial charge in [0.15, 0.2) is 21.0 Å². The molecule has 0 bridgehead atoms. The van der Waals surface area contributed by atoms with E-state index in [9.17, 15) is 62.0 Å². The molecule has 25 nitrogen and oxygen atoms in total. The van der Waals surface area contributed by atoms with Crippen LogP contribution in [0.15, 0.2) is 86.8 Å². The van der Waals surface area contributed by atoms with Gasteiger partial charge >= 0.3 is 24.2 Å². The summed E-state index contributed by atoms with van der Waals surface area (Å²) < 4.78 is 149. The van der Waals surface area contributed by atoms with Gasteiger partial charge in [-0.05, 0) is 75.8 Å². The largest absolute Gasteiger partial charge is 0.481 e. The van der Waals surface area contributed by atoms with Gasteiger partial charge in [-0.3, -0.25) is 20.2 Å². The van der Waals surface area contributed by atoms with Gasteiger partial charge in [-0.1, -0.05) is 42.6 Å². The highest BCUT2D eigenvalue weighted by Gasteiger charge is 2.41. The minimum Gasteiger partial charge on any atom is -0.481 e. The molecule has 428 valence electrons. The van der Waals surface area contributed by atoms with Crippen molar-refractivity contribution in [3.63, 3.8) is 0 Å². The predicted octanol–water partition coefficient (Wildman–Crippen LogP) is 6.01. The van der Waals surface area contributed by atoms with Crippen molar-refractivity contribution in [3.8, 4) is 35.9 Å². The molecule has 3 aromatic heterocycles. The second-order valence-corrected chi connectivity index (χ2v) is 22.2. The van der Waals surface area contributed by atoms with Crippen LogP contribution in [0.4, 0.5) is 44.7 Å². The molecule has 2 aliphatic rings. The maximum absolute atomic E-state index is 14.4. The Morgan fingerprint density at radius 2 is 1.36 bits per heavy atom. The Balaban J connectivity index is 0.000000221. The molecular weight excluding hydrogens is 1150 g/mol. The first kappa shape index (κ1) is 62.6. The number of carbonyl (C=O) groups excluding carboxylic acids is 4. The lowest BCUT2D eigenvalue weighted by Gasteiger charge is -2.19. The molecule has 1 aliphatic carbocycles. The van der Waals surface area contributed by atoms with E-state index in [4.69, 9.17) is 37.0 Å². The molecule has 0 spiro atoms. The van der Waals surface area contributed by atoms with Gasteiger partial charge in [0.1, 0.15) is 22.3 Å². The van der Waals surface area contributed by atoms with Crippen molar-refractivity contribution in [1.82, 2.24) is 39.3 Å². The first-order chi connectivity index (χ1) is 37.6. The third-order valence-electron chi connectivity index (χ3n) is 10.7. The predicted molar refractivity (Wildman–Crippen MR) is 276 cm³/mol. The Labute approximate surface area is 460 Å². The Morgan fingerprint density at radius 3 is 1.91 bits per heavy atom. The standard InChI is InChI=1S/C18H15ClFNO3.C15H16F3N5O4S.C14H17N5O7S2/c1-3-10(2)24-16-9-15(14(20)8-13(16)19)21-17(22)11-6-4-5-7-12(11)18(21)23;1-9-19-12(22-14(20-9)27-2)21-13(24)23-28(25,26)11-6-4-3-5-10(11)7-8-15(16,17)18;1-4-27(21,22)9-6-5-7-15-12(9)28(23,24)19-14(20)18-13-16-10(25-2)8-11(17-13)26-3/h1,8-10H,4-7H2,2H3;3-6H,7-8H2,1-2H3,(H2,19,20,21,22,23,24);5-8H,4H2,1-3H3,(H2,16,17,18,19,20). The maximum Gasteiger partial charge on any atom is 0.389 e. The van der Waals surface area contributed by atoms with E-state index in [0.717, 1.165) is 42.1 Å². The van der Waals surface area contributed by atoms with Gasteiger partial charge in [0, 0.05) is 29.8 Å². The van der Waals surface area contributed by atoms with E-state index in [1.54, 1.807) is 16.4 Å². The summed E-state index contributed by atoms with van der Waals surface area (Å²) in [4.78, 5) is 71.7. The van der Waals surface area contributed by atoms with Crippen molar-refractivity contribution >= 4 is 82.9 Å². The molecule has 1 aliphatic heterocycles. The summed E-state index contributed by atoms with van der Waals surface area (Å²) >= 11 is 5.97. The number of terminal acetylenes is 1. The monoisotopic (exact) mass is 1200 g/mol. The van der Waals surface area contributed by atoms with Crippen LogP contribution in [0.2, 0.25) is 5.02 Å². The first-order valence-electron chi connectivity index (χ1n) is 23.0. The molecule has 0 fully saturated rings. The van der Waals surface area contributed by atoms with Crippen molar-refractivity contribution < 1.29 is 80.9 Å². The number of benzene rings is 2. The molecule has 0 saturated carbocycles. The third-order valence-corrected chi connectivity index (χ3v) is 15.6. The van der Waals surface area contributed by atoms with Crippen LogP contribution >= 0.6 is 11.6 Å². The number of methoxy groups -OCH3 is 3. The molecule has 0 radical (unpaired) electrons. The van der Waals surface area contributed by atoms with Crippen LogP contribution in [-0.4, -0.2) is 118 Å². The van der Waals surface area contributed by atoms with Gasteiger partial charge in [0.25, 0.3) is 31.9 Å². The van der Waals surface area contributed by atoms with Crippen LogP contribution in [0.25, 0.3) is 0 Å². The molecule has 5 aromatic rings. The van der Waals surface area contributed by atoms with Crippen LogP contribution < -0.4 is 43.9 Å². The molecule has 4 heterocycles. The number of halogens is 5. The quantitative estimate of drug-likeness (QED) is 0.0499. The van der Waals surface area contributed by atoms with E-state index < -0.39 is 99.5 Å². The molecule has 0 saturated heterocycles. The molecule has 1 atom stereocenters. The number of nitrogens with one attached hydrogen (secondary N) is 4. The summed E-state index contributed by atoms with van der Waals surface area (Å²) in [5.74, 6) is 0.237. The molecule has 33 heteroatoms. The summed E-state index contributed by atoms with van der Waals surface area (Å²) in [5, 5.41) is 3.44. The molecule has 1 unspecified atom stereocenters. The van der Waals surface area contributed by atoms with E-state index in [0.29, 0.717) is 24.0 Å². The molecule has 7 rings (SSSR count). The highest BCUT2D eigenvalue weighted by molar-refractivity contribution is 7.93. The van der Waals surface area contributed by atoms with Crippen molar-refractivity contribution in [2.45, 2.75) is 86.4 Å². The number of anilines is 3. The normalized spacial score (nSPS) is 13.7. The molecule has 2 aromatic carbocycles. The minimum atomic E-state index is -4.61. The average Bonchev–Trinajstić information content (AvgIpc) is 3.66. The number of rotatable bonds is 16. The van der Waals surface area contributed by atoms with Crippen LogP contribution in [0.3, 0.4) is 0 Å². The van der Waals surface area contributed by atoms with Crippen LogP contribution in [-0.2, 0) is 45.9 Å². The topological polar surface area (TPSA) is 336 Å². The summed E-state index contributed by atoms with van der Waals surface area (Å²) in [6.45, 7) is 4.49. The SMILES string of the molecule is C#CC(C)Oc1cc(N2C(=O)C3=C(CCCC3)C2=O)c(F)cc1Cl.CCS(=O)(=O)c1cccnc1S(=O)(=O)NC(=O)Nc1nc(OC)cc(OC)n1.COc1nc(C)nc(NC(=O)NS(=O)(=O)c2ccccc2CCC(F)(F)F)n1. The minimum absolute atomic E-state index is 0.0233. The maximum atomic E-state index is 14.4. The number of nitrogens with zero attached hydrogens (tertiary/aromatic N) is 7. The second-order valence-electron chi connectivity index (χ2n) is 16.3. The lowest BCUT2D eigenvalue weighted by molar-refractivity contribution is -0.134. The zero-order chi connectivity index (χ0) is 59.3. The van der Waals surface area contributed by atoms with E-state index in [-0.39, 0.29) is 63.3 Å². The number of ether oxygens (including phenoxy) is 4. The van der Waals surface area contributed by atoms with Crippen molar-refractivity contribution in [3.05, 3.63) is 94.2 Å². The lowest BCUT2D eigenvalue weighted by atomic mass is 9.93. The Kier molecular flexibility index (Phi) is 20.8. The summed E-state index contributed by atoms with van der Waals surface area (Å²) in [5.41, 5.74) is 0.737. The van der Waals surface area contributed by atoms with Crippen LogP contribution in [0.5, 0.6) is 23.5 Å². The second kappa shape index (κ2) is 26.6. The number of aryl methyl sites for hydroxylation is 2. The van der Waals surface area contributed by atoms with Crippen molar-refractivity contribution in [2.75, 3.05) is 42.6 Å².